The maximum absolute atomic E-state index is 14.0. The van der Waals surface area contributed by atoms with E-state index in [-0.39, 0.29) is 33.7 Å². The van der Waals surface area contributed by atoms with Gasteiger partial charge in [-0.05, 0) is 48.0 Å². The molecule has 6 aromatic rings. The predicted molar refractivity (Wildman–Crippen MR) is 176 cm³/mol. The average molecular weight is 659 g/mol. The van der Waals surface area contributed by atoms with Gasteiger partial charge in [0.2, 0.25) is 16.0 Å². The zero-order chi connectivity index (χ0) is 32.9. The fourth-order valence-electron chi connectivity index (χ4n) is 6.10. The Hall–Kier alpha value is -5.37. The Labute approximate surface area is 267 Å². The Balaban J connectivity index is 1.34. The third-order valence-electron chi connectivity index (χ3n) is 8.29. The maximum Gasteiger partial charge on any atom is 0.260 e. The molecule has 1 N–H and O–H groups in total. The number of nitrogens with one attached hydrogen (secondary N) is 1. The normalized spacial score (nSPS) is 13.9. The molecule has 11 nitrogen and oxygen atoms in total. The molecule has 1 fully saturated rings. The van der Waals surface area contributed by atoms with E-state index in [9.17, 15) is 26.8 Å². The first-order valence-corrected chi connectivity index (χ1v) is 16.6. The van der Waals surface area contributed by atoms with Crippen LogP contribution in [0.4, 0.5) is 20.4 Å². The van der Waals surface area contributed by atoms with Crippen LogP contribution >= 0.6 is 0 Å². The third-order valence-corrected chi connectivity index (χ3v) is 9.47. The summed E-state index contributed by atoms with van der Waals surface area (Å²) >= 11 is 0. The van der Waals surface area contributed by atoms with Crippen LogP contribution in [0.2, 0.25) is 0 Å². The largest absolute Gasteiger partial charge is 0.455 e. The number of furan rings is 1. The van der Waals surface area contributed by atoms with Crippen LogP contribution in [0.1, 0.15) is 10.4 Å². The second kappa shape index (κ2) is 11.8. The summed E-state index contributed by atoms with van der Waals surface area (Å²) in [4.78, 5) is 42.0. The highest BCUT2D eigenvalue weighted by molar-refractivity contribution is 7.92. The van der Waals surface area contributed by atoms with E-state index in [4.69, 9.17) is 4.42 Å². The number of amides is 1. The van der Waals surface area contributed by atoms with Gasteiger partial charge in [0.25, 0.3) is 11.5 Å². The van der Waals surface area contributed by atoms with Crippen molar-refractivity contribution in [3.05, 3.63) is 94.8 Å². The monoisotopic (exact) mass is 658 g/mol. The summed E-state index contributed by atoms with van der Waals surface area (Å²) in [6.45, 7) is 0.559. The van der Waals surface area contributed by atoms with Crippen LogP contribution in [0.25, 0.3) is 44.0 Å². The summed E-state index contributed by atoms with van der Waals surface area (Å²) in [5, 5.41) is 1.02. The number of benzene rings is 3. The Kier molecular flexibility index (Phi) is 7.59. The number of sulfonamides is 1. The first-order chi connectivity index (χ1) is 22.6. The van der Waals surface area contributed by atoms with Crippen molar-refractivity contribution in [2.24, 2.45) is 0 Å². The van der Waals surface area contributed by atoms with Crippen molar-refractivity contribution < 1.29 is 26.4 Å². The average Bonchev–Trinajstić information content (AvgIpc) is 3.45. The van der Waals surface area contributed by atoms with E-state index in [1.54, 1.807) is 53.7 Å². The number of halogens is 2. The van der Waals surface area contributed by atoms with Gasteiger partial charge in [-0.1, -0.05) is 12.1 Å². The number of fused-ring (bicyclic) bond motifs is 5. The molecule has 0 aliphatic carbocycles. The van der Waals surface area contributed by atoms with Crippen LogP contribution < -0.4 is 14.8 Å². The minimum absolute atomic E-state index is 0.115. The van der Waals surface area contributed by atoms with E-state index < -0.39 is 34.6 Å². The van der Waals surface area contributed by atoms with Crippen molar-refractivity contribution >= 4 is 60.4 Å². The molecule has 0 atom stereocenters. The lowest BCUT2D eigenvalue weighted by Gasteiger charge is -2.34. The van der Waals surface area contributed by atoms with Crippen LogP contribution in [-0.2, 0) is 10.0 Å². The predicted octanol–water partition coefficient (Wildman–Crippen LogP) is 4.72. The number of H-pyrrole nitrogens is 1. The van der Waals surface area contributed by atoms with Crippen LogP contribution in [0.3, 0.4) is 0 Å². The molecule has 47 heavy (non-hydrogen) atoms. The first-order valence-electron chi connectivity index (χ1n) is 14.8. The molecule has 1 aliphatic heterocycles. The van der Waals surface area contributed by atoms with Gasteiger partial charge in [-0.2, -0.15) is 0 Å². The highest BCUT2D eigenvalue weighted by Crippen LogP contribution is 2.40. The number of pyridine rings is 1. The molecule has 1 amide bonds. The molecule has 3 aromatic carbocycles. The maximum atomic E-state index is 14.0. The van der Waals surface area contributed by atoms with Crippen molar-refractivity contribution in [1.82, 2.24) is 19.9 Å². The molecule has 1 saturated heterocycles. The van der Waals surface area contributed by atoms with Gasteiger partial charge < -0.3 is 19.2 Å². The number of carbonyl (C=O) groups excluding carboxylic acids is 1. The van der Waals surface area contributed by atoms with E-state index in [0.717, 1.165) is 10.6 Å². The molecule has 1 aliphatic rings. The molecule has 0 bridgehead atoms. The molecule has 3 aromatic heterocycles. The molecular formula is C33H28F2N6O5S. The van der Waals surface area contributed by atoms with Crippen LogP contribution in [0.15, 0.2) is 82.3 Å². The quantitative estimate of drug-likeness (QED) is 0.261. The zero-order valence-electron chi connectivity index (χ0n) is 25.1. The Morgan fingerprint density at radius 2 is 1.77 bits per heavy atom. The molecular weight excluding hydrogens is 630 g/mol. The van der Waals surface area contributed by atoms with Gasteiger partial charge in [-0.3, -0.25) is 13.9 Å². The second-order valence-electron chi connectivity index (χ2n) is 11.2. The SMILES string of the molecule is CS(=O)(=O)N(CCF)c1cc2oc3c4ccc(F)cc4[nH]c(=O)c3c2cc1-c1cccc(C(=O)N2CCN(c3ncccn3)CC2)c1. The minimum Gasteiger partial charge on any atom is -0.455 e. The number of hydrogen-bond donors (Lipinski definition) is 1. The summed E-state index contributed by atoms with van der Waals surface area (Å²) in [7, 11) is -3.98. The van der Waals surface area contributed by atoms with Gasteiger partial charge in [0, 0.05) is 66.5 Å². The Morgan fingerprint density at radius 1 is 1.00 bits per heavy atom. The zero-order valence-corrected chi connectivity index (χ0v) is 25.9. The number of nitrogens with zero attached hydrogens (tertiary/aromatic N) is 5. The summed E-state index contributed by atoms with van der Waals surface area (Å²) in [6, 6.07) is 15.5. The molecule has 0 unspecified atom stereocenters. The number of piperazine rings is 1. The van der Waals surface area contributed by atoms with Gasteiger partial charge in [-0.25, -0.2) is 27.2 Å². The number of anilines is 2. The Bertz CT molecular complexity index is 2340. The topological polar surface area (TPSA) is 133 Å². The van der Waals surface area contributed by atoms with E-state index in [0.29, 0.717) is 59.6 Å². The van der Waals surface area contributed by atoms with Crippen molar-refractivity contribution in [3.8, 4) is 11.1 Å². The molecule has 14 heteroatoms. The molecule has 240 valence electrons. The highest BCUT2D eigenvalue weighted by atomic mass is 32.2. The minimum atomic E-state index is -3.98. The van der Waals surface area contributed by atoms with Crippen molar-refractivity contribution in [1.29, 1.82) is 0 Å². The van der Waals surface area contributed by atoms with Crippen molar-refractivity contribution in [2.75, 3.05) is 54.9 Å². The molecule has 0 radical (unpaired) electrons. The fraction of sp³-hybridized carbons (Fsp3) is 0.212. The van der Waals surface area contributed by atoms with Gasteiger partial charge >= 0.3 is 0 Å². The number of rotatable bonds is 7. The van der Waals surface area contributed by atoms with Gasteiger partial charge in [0.1, 0.15) is 23.7 Å². The summed E-state index contributed by atoms with van der Waals surface area (Å²) in [5.41, 5.74) is 1.40. The highest BCUT2D eigenvalue weighted by Gasteiger charge is 2.27. The lowest BCUT2D eigenvalue weighted by atomic mass is 9.98. The van der Waals surface area contributed by atoms with Crippen molar-refractivity contribution in [2.45, 2.75) is 0 Å². The fourth-order valence-corrected chi connectivity index (χ4v) is 7.00. The lowest BCUT2D eigenvalue weighted by Crippen LogP contribution is -2.49. The van der Waals surface area contributed by atoms with Crippen LogP contribution in [-0.4, -0.2) is 79.8 Å². The molecule has 0 saturated carbocycles. The van der Waals surface area contributed by atoms with E-state index >= 15 is 0 Å². The first kappa shape index (κ1) is 30.3. The summed E-state index contributed by atoms with van der Waals surface area (Å²) < 4.78 is 60.7. The standard InChI is InChI=1S/C33H28F2N6O5S/c1-47(44,45)41(11-8-34)27-19-28-25(29-30(46-28)23-7-6-22(35)17-26(23)38-31(29)42)18-24(27)20-4-2-5-21(16-20)32(43)39-12-14-40(15-13-39)33-36-9-3-10-37-33/h2-7,9-10,16-19H,8,11-15H2,1H3,(H,38,42). The summed E-state index contributed by atoms with van der Waals surface area (Å²) in [5.74, 6) is -0.153. The summed E-state index contributed by atoms with van der Waals surface area (Å²) in [6.07, 6.45) is 4.31. The second-order valence-corrected chi connectivity index (χ2v) is 13.2. The molecule has 0 spiro atoms. The van der Waals surface area contributed by atoms with Crippen molar-refractivity contribution in [3.63, 3.8) is 0 Å². The van der Waals surface area contributed by atoms with Gasteiger partial charge in [-0.15, -0.1) is 0 Å². The van der Waals surface area contributed by atoms with E-state index in [1.807, 2.05) is 4.90 Å². The van der Waals surface area contributed by atoms with Crippen LogP contribution in [0, 0.1) is 5.82 Å². The van der Waals surface area contributed by atoms with Crippen LogP contribution in [0.5, 0.6) is 0 Å². The smallest absolute Gasteiger partial charge is 0.260 e. The van der Waals surface area contributed by atoms with Gasteiger partial charge in [0.05, 0.1) is 29.4 Å². The van der Waals surface area contributed by atoms with Gasteiger partial charge in [0.15, 0.2) is 0 Å². The molecule has 7 rings (SSSR count). The molecule has 4 heterocycles. The lowest BCUT2D eigenvalue weighted by molar-refractivity contribution is 0.0746. The Morgan fingerprint density at radius 3 is 2.49 bits per heavy atom. The third kappa shape index (κ3) is 5.54. The number of carbonyl (C=O) groups is 1. The number of aromatic nitrogens is 3. The van der Waals surface area contributed by atoms with E-state index in [1.165, 1.54) is 24.3 Å². The number of hydrogen-bond acceptors (Lipinski definition) is 8. The number of alkyl halides is 1. The number of aromatic amines is 1. The van der Waals surface area contributed by atoms with E-state index in [2.05, 4.69) is 15.0 Å².